The fraction of sp³-hybridized carbons (Fsp3) is 0.310. The molecular weight excluding hydrogens is 452 g/mol. The zero-order chi connectivity index (χ0) is 24.5. The highest BCUT2D eigenvalue weighted by Gasteiger charge is 2.27. The summed E-state index contributed by atoms with van der Waals surface area (Å²) in [5, 5.41) is 0. The minimum Gasteiger partial charge on any atom is -0.454 e. The van der Waals surface area contributed by atoms with E-state index in [0.29, 0.717) is 6.42 Å². The van der Waals surface area contributed by atoms with E-state index in [1.807, 2.05) is 47.6 Å². The van der Waals surface area contributed by atoms with Gasteiger partial charge in [-0.2, -0.15) is 0 Å². The number of imidazole rings is 1. The molecule has 1 amide bonds. The van der Waals surface area contributed by atoms with Gasteiger partial charge >= 0.3 is 0 Å². The summed E-state index contributed by atoms with van der Waals surface area (Å²) in [5.41, 5.74) is 5.45. The van der Waals surface area contributed by atoms with Gasteiger partial charge in [-0.15, -0.1) is 0 Å². The van der Waals surface area contributed by atoms with Crippen molar-refractivity contribution in [2.24, 2.45) is 0 Å². The van der Waals surface area contributed by atoms with E-state index in [1.54, 1.807) is 0 Å². The first-order valence-electron chi connectivity index (χ1n) is 12.5. The molecule has 1 saturated heterocycles. The SMILES string of the molecule is Cc1cccn2c(C(CC(=O)N3CCN(Cc4ccc5c(c4)OCO5)CC3)c3ccccc3)cnc12. The number of aromatic nitrogens is 2. The lowest BCUT2D eigenvalue weighted by molar-refractivity contribution is -0.133. The van der Waals surface area contributed by atoms with Crippen molar-refractivity contribution in [2.45, 2.75) is 25.8 Å². The van der Waals surface area contributed by atoms with Crippen LogP contribution in [0.5, 0.6) is 11.5 Å². The summed E-state index contributed by atoms with van der Waals surface area (Å²) in [6, 6.07) is 20.5. The lowest BCUT2D eigenvalue weighted by Crippen LogP contribution is -2.48. The second-order valence-corrected chi connectivity index (χ2v) is 9.58. The van der Waals surface area contributed by atoms with E-state index in [0.717, 1.165) is 66.7 Å². The van der Waals surface area contributed by atoms with E-state index >= 15 is 0 Å². The van der Waals surface area contributed by atoms with Crippen molar-refractivity contribution in [1.82, 2.24) is 19.2 Å². The molecule has 2 aromatic heterocycles. The van der Waals surface area contributed by atoms with Gasteiger partial charge in [-0.25, -0.2) is 4.98 Å². The number of nitrogens with zero attached hydrogens (tertiary/aromatic N) is 4. The molecule has 2 aliphatic heterocycles. The predicted octanol–water partition coefficient (Wildman–Crippen LogP) is 4.24. The van der Waals surface area contributed by atoms with Crippen molar-refractivity contribution in [3.8, 4) is 11.5 Å². The molecule has 184 valence electrons. The summed E-state index contributed by atoms with van der Waals surface area (Å²) in [6.07, 6.45) is 4.39. The van der Waals surface area contributed by atoms with Gasteiger partial charge in [0.25, 0.3) is 0 Å². The molecule has 1 atom stereocenters. The Morgan fingerprint density at radius 2 is 1.78 bits per heavy atom. The Bertz CT molecular complexity index is 1380. The average Bonchev–Trinajstić information content (AvgIpc) is 3.56. The number of hydrogen-bond donors (Lipinski definition) is 0. The van der Waals surface area contributed by atoms with E-state index in [-0.39, 0.29) is 18.6 Å². The van der Waals surface area contributed by atoms with E-state index in [9.17, 15) is 4.79 Å². The minimum atomic E-state index is -0.0536. The van der Waals surface area contributed by atoms with Crippen LogP contribution in [0.25, 0.3) is 5.65 Å². The highest BCUT2D eigenvalue weighted by Crippen LogP contribution is 2.33. The van der Waals surface area contributed by atoms with Crippen LogP contribution < -0.4 is 9.47 Å². The average molecular weight is 483 g/mol. The summed E-state index contributed by atoms with van der Waals surface area (Å²) in [6.45, 7) is 6.37. The number of aryl methyl sites for hydroxylation is 1. The number of rotatable bonds is 6. The topological polar surface area (TPSA) is 59.3 Å². The van der Waals surface area contributed by atoms with Crippen LogP contribution in [0.3, 0.4) is 0 Å². The monoisotopic (exact) mass is 482 g/mol. The summed E-state index contributed by atoms with van der Waals surface area (Å²) in [7, 11) is 0. The molecule has 36 heavy (non-hydrogen) atoms. The van der Waals surface area contributed by atoms with Crippen molar-refractivity contribution >= 4 is 11.6 Å². The number of ether oxygens (including phenoxy) is 2. The second kappa shape index (κ2) is 9.66. The highest BCUT2D eigenvalue weighted by atomic mass is 16.7. The zero-order valence-electron chi connectivity index (χ0n) is 20.5. The van der Waals surface area contributed by atoms with E-state index < -0.39 is 0 Å². The van der Waals surface area contributed by atoms with Crippen molar-refractivity contribution < 1.29 is 14.3 Å². The van der Waals surface area contributed by atoms with Gasteiger partial charge in [0.15, 0.2) is 11.5 Å². The van der Waals surface area contributed by atoms with Crippen LogP contribution in [0.15, 0.2) is 73.1 Å². The lowest BCUT2D eigenvalue weighted by Gasteiger charge is -2.35. The number of carbonyl (C=O) groups is 1. The summed E-state index contributed by atoms with van der Waals surface area (Å²) < 4.78 is 13.1. The van der Waals surface area contributed by atoms with Crippen LogP contribution in [0.1, 0.15) is 34.7 Å². The van der Waals surface area contributed by atoms with Crippen LogP contribution in [0.4, 0.5) is 0 Å². The molecule has 6 rings (SSSR count). The molecular formula is C29H30N4O3. The van der Waals surface area contributed by atoms with Crippen LogP contribution in [-0.4, -0.2) is 58.1 Å². The number of hydrogen-bond acceptors (Lipinski definition) is 5. The van der Waals surface area contributed by atoms with Gasteiger partial charge in [0.05, 0.1) is 5.69 Å². The smallest absolute Gasteiger partial charge is 0.231 e. The molecule has 7 nitrogen and oxygen atoms in total. The van der Waals surface area contributed by atoms with Gasteiger partial charge in [0.1, 0.15) is 5.65 Å². The number of carbonyl (C=O) groups excluding carboxylic acids is 1. The maximum absolute atomic E-state index is 13.5. The predicted molar refractivity (Wildman–Crippen MR) is 137 cm³/mol. The molecule has 0 radical (unpaired) electrons. The van der Waals surface area contributed by atoms with Gasteiger partial charge < -0.3 is 18.8 Å². The number of benzene rings is 2. The van der Waals surface area contributed by atoms with Crippen LogP contribution in [0.2, 0.25) is 0 Å². The quantitative estimate of drug-likeness (QED) is 0.412. The zero-order valence-corrected chi connectivity index (χ0v) is 20.5. The Labute approximate surface area is 210 Å². The molecule has 0 spiro atoms. The molecule has 4 aromatic rings. The molecule has 0 N–H and O–H groups in total. The third-order valence-electron chi connectivity index (χ3n) is 7.27. The van der Waals surface area contributed by atoms with E-state index in [1.165, 1.54) is 5.56 Å². The largest absolute Gasteiger partial charge is 0.454 e. The van der Waals surface area contributed by atoms with Crippen LogP contribution in [0, 0.1) is 6.92 Å². The van der Waals surface area contributed by atoms with Crippen molar-refractivity contribution in [2.75, 3.05) is 33.0 Å². The Morgan fingerprint density at radius 3 is 2.61 bits per heavy atom. The first-order chi connectivity index (χ1) is 17.7. The molecule has 2 aromatic carbocycles. The molecule has 2 aliphatic rings. The fourth-order valence-electron chi connectivity index (χ4n) is 5.26. The standard InChI is InChI=1S/C29H30N4O3/c1-21-6-5-11-33-25(18-30-29(21)33)24(23-7-3-2-4-8-23)17-28(34)32-14-12-31(13-15-32)19-22-9-10-26-27(16-22)36-20-35-26/h2-11,16,18,24H,12-15,17,19-20H2,1H3. The summed E-state index contributed by atoms with van der Waals surface area (Å²) >= 11 is 0. The molecule has 7 heteroatoms. The summed E-state index contributed by atoms with van der Waals surface area (Å²) in [5.74, 6) is 1.76. The molecule has 0 saturated carbocycles. The van der Waals surface area contributed by atoms with E-state index in [2.05, 4.69) is 51.5 Å². The van der Waals surface area contributed by atoms with Gasteiger partial charge in [-0.1, -0.05) is 42.5 Å². The molecule has 1 unspecified atom stereocenters. The van der Waals surface area contributed by atoms with Crippen molar-refractivity contribution in [3.05, 3.63) is 95.4 Å². The highest BCUT2D eigenvalue weighted by molar-refractivity contribution is 5.78. The van der Waals surface area contributed by atoms with Gasteiger partial charge in [0.2, 0.25) is 12.7 Å². The first kappa shape index (κ1) is 22.6. The third kappa shape index (κ3) is 4.42. The van der Waals surface area contributed by atoms with Crippen LogP contribution >= 0.6 is 0 Å². The minimum absolute atomic E-state index is 0.0536. The van der Waals surface area contributed by atoms with Gasteiger partial charge in [0, 0.05) is 57.5 Å². The lowest BCUT2D eigenvalue weighted by atomic mass is 9.92. The van der Waals surface area contributed by atoms with Crippen LogP contribution in [-0.2, 0) is 11.3 Å². The fourth-order valence-corrected chi connectivity index (χ4v) is 5.26. The molecule has 0 aliphatic carbocycles. The van der Waals surface area contributed by atoms with Crippen molar-refractivity contribution in [1.29, 1.82) is 0 Å². The number of piperazine rings is 1. The Morgan fingerprint density at radius 1 is 0.972 bits per heavy atom. The normalized spacial score (nSPS) is 16.4. The number of amides is 1. The maximum Gasteiger partial charge on any atom is 0.231 e. The van der Waals surface area contributed by atoms with E-state index in [4.69, 9.17) is 9.47 Å². The number of pyridine rings is 1. The Hall–Kier alpha value is -3.84. The second-order valence-electron chi connectivity index (χ2n) is 9.58. The summed E-state index contributed by atoms with van der Waals surface area (Å²) in [4.78, 5) is 22.6. The Kier molecular flexibility index (Phi) is 6.07. The maximum atomic E-state index is 13.5. The molecule has 1 fully saturated rings. The first-order valence-corrected chi connectivity index (χ1v) is 12.5. The molecule has 4 heterocycles. The Balaban J connectivity index is 1.14. The van der Waals surface area contributed by atoms with Crippen molar-refractivity contribution in [3.63, 3.8) is 0 Å². The number of fused-ring (bicyclic) bond motifs is 2. The molecule has 0 bridgehead atoms. The van der Waals surface area contributed by atoms with Gasteiger partial charge in [-0.05, 0) is 41.8 Å². The van der Waals surface area contributed by atoms with Gasteiger partial charge in [-0.3, -0.25) is 9.69 Å². The third-order valence-corrected chi connectivity index (χ3v) is 7.27.